The van der Waals surface area contributed by atoms with Gasteiger partial charge in [0.05, 0.1) is 7.11 Å². The van der Waals surface area contributed by atoms with Crippen LogP contribution in [-0.4, -0.2) is 38.7 Å². The highest BCUT2D eigenvalue weighted by atomic mass is 16.5. The topological polar surface area (TPSA) is 38.5 Å². The summed E-state index contributed by atoms with van der Waals surface area (Å²) in [6, 6.07) is 8.14. The molecule has 0 saturated carbocycles. The molecule has 0 unspecified atom stereocenters. The number of likely N-dealkylation sites (N-methyl/N-ethyl adjacent to an activating group) is 1. The van der Waals surface area contributed by atoms with Crippen molar-refractivity contribution in [3.05, 3.63) is 29.8 Å². The van der Waals surface area contributed by atoms with Gasteiger partial charge in [0.15, 0.2) is 0 Å². The highest BCUT2D eigenvalue weighted by molar-refractivity contribution is 5.33. The minimum Gasteiger partial charge on any atom is -0.496 e. The normalized spacial score (nSPS) is 10.7. The fraction of sp³-hybridized carbons (Fsp3) is 0.500. The van der Waals surface area contributed by atoms with Crippen molar-refractivity contribution in [1.29, 1.82) is 0 Å². The number of nitrogens with zero attached hydrogens (tertiary/aromatic N) is 1. The molecule has 0 heterocycles. The lowest BCUT2D eigenvalue weighted by Gasteiger charge is -2.16. The molecular formula is C12H20N2O. The van der Waals surface area contributed by atoms with Crippen LogP contribution in [0, 0.1) is 0 Å². The Morgan fingerprint density at radius 1 is 1.27 bits per heavy atom. The summed E-state index contributed by atoms with van der Waals surface area (Å²) in [7, 11) is 3.80. The molecule has 0 aliphatic rings. The average Bonchev–Trinajstić information content (AvgIpc) is 2.27. The summed E-state index contributed by atoms with van der Waals surface area (Å²) in [4.78, 5) is 2.23. The molecule has 1 aromatic rings. The molecule has 1 aromatic carbocycles. The van der Waals surface area contributed by atoms with Crippen LogP contribution in [0.5, 0.6) is 5.75 Å². The van der Waals surface area contributed by atoms with E-state index in [1.54, 1.807) is 7.11 Å². The molecule has 0 aromatic heterocycles. The molecule has 84 valence electrons. The largest absolute Gasteiger partial charge is 0.496 e. The van der Waals surface area contributed by atoms with Crippen molar-refractivity contribution in [2.45, 2.75) is 6.42 Å². The molecule has 3 heteroatoms. The van der Waals surface area contributed by atoms with Gasteiger partial charge in [-0.3, -0.25) is 0 Å². The summed E-state index contributed by atoms with van der Waals surface area (Å²) in [6.45, 7) is 2.66. The fourth-order valence-electron chi connectivity index (χ4n) is 1.55. The highest BCUT2D eigenvalue weighted by Gasteiger charge is 2.03. The number of hydrogen-bond acceptors (Lipinski definition) is 3. The zero-order chi connectivity index (χ0) is 11.1. The molecule has 0 fully saturated rings. The van der Waals surface area contributed by atoms with Crippen molar-refractivity contribution in [2.24, 2.45) is 5.73 Å². The summed E-state index contributed by atoms with van der Waals surface area (Å²) in [5, 5.41) is 0. The van der Waals surface area contributed by atoms with Crippen LogP contribution in [0.4, 0.5) is 0 Å². The van der Waals surface area contributed by atoms with Gasteiger partial charge in [0.25, 0.3) is 0 Å². The molecule has 3 nitrogen and oxygen atoms in total. The molecule has 0 bridgehead atoms. The Hall–Kier alpha value is -1.06. The van der Waals surface area contributed by atoms with E-state index in [0.717, 1.165) is 25.3 Å². The van der Waals surface area contributed by atoms with E-state index in [0.29, 0.717) is 6.54 Å². The zero-order valence-corrected chi connectivity index (χ0v) is 9.57. The van der Waals surface area contributed by atoms with Crippen LogP contribution in [-0.2, 0) is 6.42 Å². The average molecular weight is 208 g/mol. The molecule has 0 atom stereocenters. The molecular weight excluding hydrogens is 188 g/mol. The zero-order valence-electron chi connectivity index (χ0n) is 9.57. The molecule has 0 saturated heterocycles. The van der Waals surface area contributed by atoms with Crippen LogP contribution in [0.3, 0.4) is 0 Å². The maximum Gasteiger partial charge on any atom is 0.122 e. The van der Waals surface area contributed by atoms with Crippen molar-refractivity contribution in [2.75, 3.05) is 33.8 Å². The quantitative estimate of drug-likeness (QED) is 0.761. The van der Waals surface area contributed by atoms with Gasteiger partial charge in [-0.25, -0.2) is 0 Å². The monoisotopic (exact) mass is 208 g/mol. The molecule has 0 spiro atoms. The number of ether oxygens (including phenoxy) is 1. The van der Waals surface area contributed by atoms with E-state index in [4.69, 9.17) is 10.5 Å². The molecule has 0 aliphatic carbocycles. The molecule has 0 aliphatic heterocycles. The molecule has 2 N–H and O–H groups in total. The van der Waals surface area contributed by atoms with E-state index in [2.05, 4.69) is 18.0 Å². The molecule has 15 heavy (non-hydrogen) atoms. The van der Waals surface area contributed by atoms with Gasteiger partial charge in [-0.05, 0) is 25.1 Å². The molecule has 0 amide bonds. The van der Waals surface area contributed by atoms with Gasteiger partial charge in [0.2, 0.25) is 0 Å². The Morgan fingerprint density at radius 2 is 2.00 bits per heavy atom. The van der Waals surface area contributed by atoms with Gasteiger partial charge in [0.1, 0.15) is 5.75 Å². The second-order valence-corrected chi connectivity index (χ2v) is 3.65. The van der Waals surface area contributed by atoms with Gasteiger partial charge in [-0.1, -0.05) is 18.2 Å². The summed E-state index contributed by atoms with van der Waals surface area (Å²) in [5.74, 6) is 0.971. The third kappa shape index (κ3) is 3.90. The number of benzene rings is 1. The van der Waals surface area contributed by atoms with Gasteiger partial charge in [0, 0.05) is 19.6 Å². The first-order valence-electron chi connectivity index (χ1n) is 5.28. The Morgan fingerprint density at radius 3 is 2.67 bits per heavy atom. The Kier molecular flexibility index (Phi) is 5.15. The van der Waals surface area contributed by atoms with Crippen LogP contribution in [0.1, 0.15) is 5.56 Å². The van der Waals surface area contributed by atoms with Crippen molar-refractivity contribution in [3.8, 4) is 5.75 Å². The summed E-state index contributed by atoms with van der Waals surface area (Å²) < 4.78 is 5.29. The lowest BCUT2D eigenvalue weighted by Crippen LogP contribution is -2.27. The SMILES string of the molecule is COc1ccccc1CCN(C)CCN. The van der Waals surface area contributed by atoms with Crippen LogP contribution >= 0.6 is 0 Å². The van der Waals surface area contributed by atoms with Crippen molar-refractivity contribution < 1.29 is 4.74 Å². The van der Waals surface area contributed by atoms with Crippen LogP contribution in [0.2, 0.25) is 0 Å². The third-order valence-electron chi connectivity index (χ3n) is 2.47. The van der Waals surface area contributed by atoms with E-state index in [1.165, 1.54) is 5.56 Å². The second kappa shape index (κ2) is 6.43. The smallest absolute Gasteiger partial charge is 0.122 e. The third-order valence-corrected chi connectivity index (χ3v) is 2.47. The van der Waals surface area contributed by atoms with E-state index in [1.807, 2.05) is 18.2 Å². The Bertz CT molecular complexity index is 289. The van der Waals surface area contributed by atoms with Gasteiger partial charge in [-0.15, -0.1) is 0 Å². The summed E-state index contributed by atoms with van der Waals surface area (Å²) in [5.41, 5.74) is 6.74. The van der Waals surface area contributed by atoms with E-state index in [9.17, 15) is 0 Å². The van der Waals surface area contributed by atoms with Crippen LogP contribution in [0.25, 0.3) is 0 Å². The van der Waals surface area contributed by atoms with Gasteiger partial charge >= 0.3 is 0 Å². The van der Waals surface area contributed by atoms with Crippen LogP contribution in [0.15, 0.2) is 24.3 Å². The Balaban J connectivity index is 2.49. The van der Waals surface area contributed by atoms with Crippen molar-refractivity contribution in [1.82, 2.24) is 4.90 Å². The minimum absolute atomic E-state index is 0.711. The molecule has 1 rings (SSSR count). The number of para-hydroxylation sites is 1. The molecule has 0 radical (unpaired) electrons. The highest BCUT2D eigenvalue weighted by Crippen LogP contribution is 2.17. The summed E-state index contributed by atoms with van der Waals surface area (Å²) >= 11 is 0. The Labute approximate surface area is 91.8 Å². The fourth-order valence-corrected chi connectivity index (χ4v) is 1.55. The van der Waals surface area contributed by atoms with Gasteiger partial charge < -0.3 is 15.4 Å². The first-order chi connectivity index (χ1) is 7.27. The number of nitrogens with two attached hydrogens (primary N) is 1. The van der Waals surface area contributed by atoms with E-state index < -0.39 is 0 Å². The number of rotatable bonds is 6. The van der Waals surface area contributed by atoms with Crippen LogP contribution < -0.4 is 10.5 Å². The lowest BCUT2D eigenvalue weighted by molar-refractivity contribution is 0.343. The van der Waals surface area contributed by atoms with Crippen molar-refractivity contribution in [3.63, 3.8) is 0 Å². The predicted molar refractivity (Wildman–Crippen MR) is 63.2 cm³/mol. The van der Waals surface area contributed by atoms with E-state index >= 15 is 0 Å². The first kappa shape index (κ1) is 12.0. The lowest BCUT2D eigenvalue weighted by atomic mass is 10.1. The number of methoxy groups -OCH3 is 1. The number of hydrogen-bond donors (Lipinski definition) is 1. The summed E-state index contributed by atoms with van der Waals surface area (Å²) in [6.07, 6.45) is 1.00. The minimum atomic E-state index is 0.711. The van der Waals surface area contributed by atoms with E-state index in [-0.39, 0.29) is 0 Å². The standard InChI is InChI=1S/C12H20N2O/c1-14(10-8-13)9-7-11-5-3-4-6-12(11)15-2/h3-6H,7-10,13H2,1-2H3. The second-order valence-electron chi connectivity index (χ2n) is 3.65. The maximum absolute atomic E-state index is 5.49. The van der Waals surface area contributed by atoms with Crippen molar-refractivity contribution >= 4 is 0 Å². The first-order valence-corrected chi connectivity index (χ1v) is 5.28. The van der Waals surface area contributed by atoms with Gasteiger partial charge in [-0.2, -0.15) is 0 Å². The predicted octanol–water partition coefficient (Wildman–Crippen LogP) is 1.13. The maximum atomic E-state index is 5.49.